The van der Waals surface area contributed by atoms with E-state index in [2.05, 4.69) is 15.6 Å². The summed E-state index contributed by atoms with van der Waals surface area (Å²) in [5, 5.41) is 7.81. The van der Waals surface area contributed by atoms with Gasteiger partial charge in [-0.2, -0.15) is 0 Å². The molecule has 1 aromatic carbocycles. The number of hydrogen-bond acceptors (Lipinski definition) is 4. The highest BCUT2D eigenvalue weighted by Gasteiger charge is 2.17. The molecule has 0 saturated heterocycles. The molecular formula is C14H18N4O2. The summed E-state index contributed by atoms with van der Waals surface area (Å²) in [4.78, 5) is 11.7. The highest BCUT2D eigenvalue weighted by atomic mass is 16.6. The number of carbonyl (C=O) groups excluding carboxylic acids is 1. The SMILES string of the molecule is CC(C)(C)OC(=O)Nn1cnnc1Cc1ccccc1. The molecule has 0 atom stereocenters. The van der Waals surface area contributed by atoms with Gasteiger partial charge in [-0.05, 0) is 26.3 Å². The van der Waals surface area contributed by atoms with Gasteiger partial charge in [-0.1, -0.05) is 30.3 Å². The fraction of sp³-hybridized carbons (Fsp3) is 0.357. The Labute approximate surface area is 117 Å². The van der Waals surface area contributed by atoms with E-state index in [4.69, 9.17) is 4.74 Å². The van der Waals surface area contributed by atoms with E-state index in [0.717, 1.165) is 5.56 Å². The van der Waals surface area contributed by atoms with Crippen molar-refractivity contribution in [2.75, 3.05) is 5.43 Å². The van der Waals surface area contributed by atoms with Gasteiger partial charge in [0.15, 0.2) is 5.82 Å². The van der Waals surface area contributed by atoms with E-state index >= 15 is 0 Å². The Bertz CT molecular complexity index is 572. The van der Waals surface area contributed by atoms with Crippen molar-refractivity contribution in [3.05, 3.63) is 48.0 Å². The van der Waals surface area contributed by atoms with Crippen LogP contribution in [0.4, 0.5) is 4.79 Å². The van der Waals surface area contributed by atoms with Crippen molar-refractivity contribution in [3.63, 3.8) is 0 Å². The van der Waals surface area contributed by atoms with Gasteiger partial charge in [0.2, 0.25) is 0 Å². The summed E-state index contributed by atoms with van der Waals surface area (Å²) in [6, 6.07) is 9.85. The molecule has 0 spiro atoms. The van der Waals surface area contributed by atoms with Crippen molar-refractivity contribution < 1.29 is 9.53 Å². The lowest BCUT2D eigenvalue weighted by atomic mass is 10.1. The molecule has 0 fully saturated rings. The lowest BCUT2D eigenvalue weighted by Crippen LogP contribution is -2.32. The van der Waals surface area contributed by atoms with Crippen LogP contribution in [0.2, 0.25) is 0 Å². The van der Waals surface area contributed by atoms with Gasteiger partial charge in [-0.25, -0.2) is 14.9 Å². The number of aromatic nitrogens is 3. The molecule has 2 aromatic rings. The molecule has 0 unspecified atom stereocenters. The number of ether oxygens (including phenoxy) is 1. The third-order valence-electron chi connectivity index (χ3n) is 2.43. The molecule has 20 heavy (non-hydrogen) atoms. The van der Waals surface area contributed by atoms with Crippen LogP contribution in [0.25, 0.3) is 0 Å². The van der Waals surface area contributed by atoms with Crippen LogP contribution in [0, 0.1) is 0 Å². The molecule has 0 bridgehead atoms. The van der Waals surface area contributed by atoms with E-state index in [1.807, 2.05) is 51.1 Å². The summed E-state index contributed by atoms with van der Waals surface area (Å²) >= 11 is 0. The zero-order chi connectivity index (χ0) is 14.6. The molecule has 6 nitrogen and oxygen atoms in total. The highest BCUT2D eigenvalue weighted by molar-refractivity contribution is 5.76. The molecule has 1 heterocycles. The quantitative estimate of drug-likeness (QED) is 0.932. The van der Waals surface area contributed by atoms with Gasteiger partial charge in [-0.15, -0.1) is 10.2 Å². The van der Waals surface area contributed by atoms with E-state index in [1.54, 1.807) is 0 Å². The number of carbonyl (C=O) groups is 1. The average Bonchev–Trinajstić information content (AvgIpc) is 2.75. The fourth-order valence-electron chi connectivity index (χ4n) is 1.65. The van der Waals surface area contributed by atoms with Gasteiger partial charge >= 0.3 is 6.09 Å². The van der Waals surface area contributed by atoms with Crippen molar-refractivity contribution in [2.24, 2.45) is 0 Å². The zero-order valence-electron chi connectivity index (χ0n) is 11.8. The molecule has 0 aliphatic rings. The number of rotatable bonds is 3. The Kier molecular flexibility index (Phi) is 4.02. The molecule has 1 aromatic heterocycles. The van der Waals surface area contributed by atoms with Gasteiger partial charge < -0.3 is 4.74 Å². The van der Waals surface area contributed by atoms with E-state index in [9.17, 15) is 4.79 Å². The smallest absolute Gasteiger partial charge is 0.427 e. The maximum Gasteiger partial charge on any atom is 0.427 e. The van der Waals surface area contributed by atoms with Gasteiger partial charge in [0, 0.05) is 6.42 Å². The lowest BCUT2D eigenvalue weighted by molar-refractivity contribution is 0.0612. The van der Waals surface area contributed by atoms with Crippen LogP contribution in [0.1, 0.15) is 32.2 Å². The summed E-state index contributed by atoms with van der Waals surface area (Å²) in [6.07, 6.45) is 1.49. The van der Waals surface area contributed by atoms with E-state index in [0.29, 0.717) is 12.2 Å². The first-order valence-corrected chi connectivity index (χ1v) is 6.37. The number of hydrogen-bond donors (Lipinski definition) is 1. The van der Waals surface area contributed by atoms with Gasteiger partial charge in [0.1, 0.15) is 11.9 Å². The molecule has 0 saturated carbocycles. The predicted octanol–water partition coefficient (Wildman–Crippen LogP) is 2.35. The largest absolute Gasteiger partial charge is 0.443 e. The van der Waals surface area contributed by atoms with Gasteiger partial charge in [0.25, 0.3) is 0 Å². The second-order valence-electron chi connectivity index (χ2n) is 5.39. The Hall–Kier alpha value is -2.37. The molecule has 6 heteroatoms. The first kappa shape index (κ1) is 14.0. The lowest BCUT2D eigenvalue weighted by Gasteiger charge is -2.20. The molecular weight excluding hydrogens is 256 g/mol. The topological polar surface area (TPSA) is 69.0 Å². The maximum atomic E-state index is 11.7. The van der Waals surface area contributed by atoms with Gasteiger partial charge in [-0.3, -0.25) is 0 Å². The first-order valence-electron chi connectivity index (χ1n) is 6.37. The minimum absolute atomic E-state index is 0.536. The third kappa shape index (κ3) is 4.08. The van der Waals surface area contributed by atoms with Crippen LogP contribution < -0.4 is 5.43 Å². The standard InChI is InChI=1S/C14H18N4O2/c1-14(2,3)20-13(19)17-18-10-15-16-12(18)9-11-7-5-4-6-8-11/h4-8,10H,9H2,1-3H3,(H,17,19). The molecule has 0 aliphatic carbocycles. The minimum atomic E-state index is -0.544. The molecule has 0 aliphatic heterocycles. The normalized spacial score (nSPS) is 11.2. The molecule has 2 rings (SSSR count). The summed E-state index contributed by atoms with van der Waals surface area (Å²) in [5.74, 6) is 0.641. The highest BCUT2D eigenvalue weighted by Crippen LogP contribution is 2.08. The second-order valence-corrected chi connectivity index (χ2v) is 5.39. The third-order valence-corrected chi connectivity index (χ3v) is 2.43. The van der Waals surface area contributed by atoms with Crippen molar-refractivity contribution in [2.45, 2.75) is 32.8 Å². The van der Waals surface area contributed by atoms with Crippen LogP contribution in [-0.2, 0) is 11.2 Å². The van der Waals surface area contributed by atoms with Crippen molar-refractivity contribution >= 4 is 6.09 Å². The number of amides is 1. The number of nitrogens with one attached hydrogen (secondary N) is 1. The zero-order valence-corrected chi connectivity index (χ0v) is 11.8. The Morgan fingerprint density at radius 2 is 2.00 bits per heavy atom. The summed E-state index contributed by atoms with van der Waals surface area (Å²) in [5.41, 5.74) is 3.14. The average molecular weight is 274 g/mol. The monoisotopic (exact) mass is 274 g/mol. The van der Waals surface area contributed by atoms with Crippen LogP contribution in [-0.4, -0.2) is 26.6 Å². The van der Waals surface area contributed by atoms with Gasteiger partial charge in [0.05, 0.1) is 0 Å². The summed E-state index contributed by atoms with van der Waals surface area (Å²) in [6.45, 7) is 5.43. The van der Waals surface area contributed by atoms with E-state index < -0.39 is 11.7 Å². The van der Waals surface area contributed by atoms with Crippen LogP contribution in [0.5, 0.6) is 0 Å². The minimum Gasteiger partial charge on any atom is -0.443 e. The molecule has 1 N–H and O–H groups in total. The van der Waals surface area contributed by atoms with E-state index in [-0.39, 0.29) is 0 Å². The second kappa shape index (κ2) is 5.73. The van der Waals surface area contributed by atoms with E-state index in [1.165, 1.54) is 11.0 Å². The summed E-state index contributed by atoms with van der Waals surface area (Å²) in [7, 11) is 0. The van der Waals surface area contributed by atoms with Crippen molar-refractivity contribution in [1.29, 1.82) is 0 Å². The number of benzene rings is 1. The Morgan fingerprint density at radius 3 is 2.65 bits per heavy atom. The summed E-state index contributed by atoms with van der Waals surface area (Å²) < 4.78 is 6.66. The predicted molar refractivity (Wildman–Crippen MR) is 74.9 cm³/mol. The number of nitrogens with zero attached hydrogens (tertiary/aromatic N) is 3. The fourth-order valence-corrected chi connectivity index (χ4v) is 1.65. The van der Waals surface area contributed by atoms with Crippen molar-refractivity contribution in [1.82, 2.24) is 14.9 Å². The Balaban J connectivity index is 2.04. The maximum absolute atomic E-state index is 11.7. The van der Waals surface area contributed by atoms with Crippen molar-refractivity contribution in [3.8, 4) is 0 Å². The Morgan fingerprint density at radius 1 is 1.30 bits per heavy atom. The molecule has 0 radical (unpaired) electrons. The first-order chi connectivity index (χ1) is 9.44. The van der Waals surface area contributed by atoms with Crippen LogP contribution >= 0.6 is 0 Å². The molecule has 1 amide bonds. The molecule has 106 valence electrons. The van der Waals surface area contributed by atoms with Crippen LogP contribution in [0.15, 0.2) is 36.7 Å². The van der Waals surface area contributed by atoms with Crippen LogP contribution in [0.3, 0.4) is 0 Å².